The van der Waals surface area contributed by atoms with Gasteiger partial charge < -0.3 is 9.64 Å². The molecule has 0 aliphatic carbocycles. The average molecular weight is 314 g/mol. The molecular weight excluding hydrogens is 292 g/mol. The Bertz CT molecular complexity index is 668. The van der Waals surface area contributed by atoms with Crippen molar-refractivity contribution in [3.05, 3.63) is 42.0 Å². The average Bonchev–Trinajstić information content (AvgIpc) is 2.92. The van der Waals surface area contributed by atoms with Crippen LogP contribution >= 0.6 is 0 Å². The molecule has 6 nitrogen and oxygen atoms in total. The molecule has 0 radical (unpaired) electrons. The number of aromatic nitrogens is 3. The van der Waals surface area contributed by atoms with Crippen molar-refractivity contribution >= 4 is 5.91 Å². The van der Waals surface area contributed by atoms with Crippen LogP contribution in [0.2, 0.25) is 0 Å². The molecule has 6 heteroatoms. The second kappa shape index (κ2) is 6.81. The number of aryl methyl sites for hydroxylation is 2. The van der Waals surface area contributed by atoms with E-state index in [2.05, 4.69) is 10.1 Å². The van der Waals surface area contributed by atoms with Crippen molar-refractivity contribution in [2.24, 2.45) is 0 Å². The van der Waals surface area contributed by atoms with Gasteiger partial charge in [0.15, 0.2) is 6.61 Å². The molecule has 0 bridgehead atoms. The maximum absolute atomic E-state index is 12.4. The Morgan fingerprint density at radius 1 is 1.30 bits per heavy atom. The first-order valence-electron chi connectivity index (χ1n) is 7.99. The summed E-state index contributed by atoms with van der Waals surface area (Å²) in [5.41, 5.74) is 0. The highest BCUT2D eigenvalue weighted by atomic mass is 16.5. The fourth-order valence-corrected chi connectivity index (χ4v) is 3.02. The highest BCUT2D eigenvalue weighted by Crippen LogP contribution is 2.22. The standard InChI is InChI=1S/C17H22N4O2/c1-13-18-14(2)21(19-13)15-7-6-10-20(11-15)17(22)12-23-16-8-4-3-5-9-16/h3-5,8-9,15H,6-7,10-12H2,1-2H3/t15-/m0/s1. The molecule has 122 valence electrons. The molecule has 1 aromatic carbocycles. The summed E-state index contributed by atoms with van der Waals surface area (Å²) >= 11 is 0. The van der Waals surface area contributed by atoms with Crippen LogP contribution in [0.3, 0.4) is 0 Å². The number of carbonyl (C=O) groups is 1. The van der Waals surface area contributed by atoms with E-state index in [4.69, 9.17) is 4.74 Å². The number of amides is 1. The van der Waals surface area contributed by atoms with Crippen molar-refractivity contribution in [2.75, 3.05) is 19.7 Å². The van der Waals surface area contributed by atoms with E-state index < -0.39 is 0 Å². The molecule has 1 aliphatic rings. The van der Waals surface area contributed by atoms with E-state index in [0.29, 0.717) is 6.54 Å². The lowest BCUT2D eigenvalue weighted by Crippen LogP contribution is -2.43. The lowest BCUT2D eigenvalue weighted by Gasteiger charge is -2.33. The predicted molar refractivity (Wildman–Crippen MR) is 86.3 cm³/mol. The second-order valence-corrected chi connectivity index (χ2v) is 5.89. The molecule has 0 N–H and O–H groups in total. The third-order valence-corrected chi connectivity index (χ3v) is 4.11. The molecule has 1 atom stereocenters. The molecule has 1 amide bonds. The number of hydrogen-bond acceptors (Lipinski definition) is 4. The number of rotatable bonds is 4. The summed E-state index contributed by atoms with van der Waals surface area (Å²) in [6.07, 6.45) is 1.99. The minimum atomic E-state index is 0.0213. The van der Waals surface area contributed by atoms with Crippen molar-refractivity contribution in [3.8, 4) is 5.75 Å². The van der Waals surface area contributed by atoms with Crippen molar-refractivity contribution in [1.82, 2.24) is 19.7 Å². The van der Waals surface area contributed by atoms with E-state index in [1.165, 1.54) is 0 Å². The van der Waals surface area contributed by atoms with Crippen LogP contribution in [0.25, 0.3) is 0 Å². The Morgan fingerprint density at radius 3 is 2.78 bits per heavy atom. The van der Waals surface area contributed by atoms with E-state index in [9.17, 15) is 4.79 Å². The van der Waals surface area contributed by atoms with Crippen LogP contribution in [0.15, 0.2) is 30.3 Å². The first-order chi connectivity index (χ1) is 11.1. The van der Waals surface area contributed by atoms with Gasteiger partial charge in [-0.15, -0.1) is 0 Å². The lowest BCUT2D eigenvalue weighted by molar-refractivity contribution is -0.135. The third-order valence-electron chi connectivity index (χ3n) is 4.11. The molecule has 1 fully saturated rings. The van der Waals surface area contributed by atoms with Gasteiger partial charge in [0.1, 0.15) is 17.4 Å². The van der Waals surface area contributed by atoms with Gasteiger partial charge in [0.25, 0.3) is 5.91 Å². The molecule has 3 rings (SSSR count). The molecule has 1 aliphatic heterocycles. The first kappa shape index (κ1) is 15.5. The number of nitrogens with zero attached hydrogens (tertiary/aromatic N) is 4. The highest BCUT2D eigenvalue weighted by Gasteiger charge is 2.26. The third kappa shape index (κ3) is 3.70. The SMILES string of the molecule is Cc1nc(C)n([C@H]2CCCN(C(=O)COc3ccccc3)C2)n1. The Morgan fingerprint density at radius 2 is 2.09 bits per heavy atom. The minimum absolute atomic E-state index is 0.0213. The summed E-state index contributed by atoms with van der Waals surface area (Å²) in [6.45, 7) is 5.37. The van der Waals surface area contributed by atoms with Crippen molar-refractivity contribution < 1.29 is 9.53 Å². The van der Waals surface area contributed by atoms with E-state index in [1.807, 2.05) is 53.8 Å². The predicted octanol–water partition coefficient (Wildman–Crippen LogP) is 2.14. The van der Waals surface area contributed by atoms with Crippen LogP contribution in [0.5, 0.6) is 5.75 Å². The van der Waals surface area contributed by atoms with Gasteiger partial charge in [-0.2, -0.15) is 5.10 Å². The number of ether oxygens (including phenoxy) is 1. The Hall–Kier alpha value is -2.37. The van der Waals surface area contributed by atoms with Crippen molar-refractivity contribution in [1.29, 1.82) is 0 Å². The zero-order chi connectivity index (χ0) is 16.2. The number of benzene rings is 1. The number of para-hydroxylation sites is 1. The van der Waals surface area contributed by atoms with Gasteiger partial charge >= 0.3 is 0 Å². The van der Waals surface area contributed by atoms with Gasteiger partial charge in [0, 0.05) is 13.1 Å². The van der Waals surface area contributed by atoms with Crippen molar-refractivity contribution in [2.45, 2.75) is 32.7 Å². The molecule has 23 heavy (non-hydrogen) atoms. The maximum Gasteiger partial charge on any atom is 0.260 e. The summed E-state index contributed by atoms with van der Waals surface area (Å²) in [7, 11) is 0. The van der Waals surface area contributed by atoms with Crippen LogP contribution in [-0.4, -0.2) is 45.3 Å². The maximum atomic E-state index is 12.4. The smallest absolute Gasteiger partial charge is 0.260 e. The molecular formula is C17H22N4O2. The zero-order valence-electron chi connectivity index (χ0n) is 13.6. The topological polar surface area (TPSA) is 60.2 Å². The molecule has 2 aromatic rings. The van der Waals surface area contributed by atoms with Gasteiger partial charge in [-0.1, -0.05) is 18.2 Å². The summed E-state index contributed by atoms with van der Waals surface area (Å²) in [5, 5.41) is 4.46. The van der Waals surface area contributed by atoms with Gasteiger partial charge in [-0.3, -0.25) is 4.79 Å². The molecule has 0 unspecified atom stereocenters. The van der Waals surface area contributed by atoms with Crippen LogP contribution < -0.4 is 4.74 Å². The zero-order valence-corrected chi connectivity index (χ0v) is 13.6. The van der Waals surface area contributed by atoms with Crippen LogP contribution in [0.4, 0.5) is 0 Å². The number of hydrogen-bond donors (Lipinski definition) is 0. The summed E-state index contributed by atoms with van der Waals surface area (Å²) in [5.74, 6) is 2.42. The molecule has 0 saturated carbocycles. The van der Waals surface area contributed by atoms with E-state index in [0.717, 1.165) is 36.8 Å². The van der Waals surface area contributed by atoms with Gasteiger partial charge in [0.05, 0.1) is 6.04 Å². The second-order valence-electron chi connectivity index (χ2n) is 5.89. The summed E-state index contributed by atoms with van der Waals surface area (Å²) in [6, 6.07) is 9.62. The quantitative estimate of drug-likeness (QED) is 0.867. The van der Waals surface area contributed by atoms with Gasteiger partial charge in [0.2, 0.25) is 0 Å². The summed E-state index contributed by atoms with van der Waals surface area (Å²) < 4.78 is 7.52. The largest absolute Gasteiger partial charge is 0.484 e. The van der Waals surface area contributed by atoms with E-state index in [-0.39, 0.29) is 18.6 Å². The lowest BCUT2D eigenvalue weighted by atomic mass is 10.1. The molecule has 0 spiro atoms. The normalized spacial score (nSPS) is 18.0. The Labute approximate surface area is 136 Å². The molecule has 1 saturated heterocycles. The number of likely N-dealkylation sites (tertiary alicyclic amines) is 1. The van der Waals surface area contributed by atoms with E-state index in [1.54, 1.807) is 0 Å². The fourth-order valence-electron chi connectivity index (χ4n) is 3.02. The fraction of sp³-hybridized carbons (Fsp3) is 0.471. The monoisotopic (exact) mass is 314 g/mol. The van der Waals surface area contributed by atoms with Crippen LogP contribution in [-0.2, 0) is 4.79 Å². The van der Waals surface area contributed by atoms with E-state index >= 15 is 0 Å². The van der Waals surface area contributed by atoms with Gasteiger partial charge in [-0.05, 0) is 38.8 Å². The molecule has 1 aromatic heterocycles. The van der Waals surface area contributed by atoms with Crippen LogP contribution in [0.1, 0.15) is 30.5 Å². The van der Waals surface area contributed by atoms with Crippen molar-refractivity contribution in [3.63, 3.8) is 0 Å². The number of carbonyl (C=O) groups excluding carboxylic acids is 1. The molecule has 2 heterocycles. The first-order valence-corrected chi connectivity index (χ1v) is 7.99. The minimum Gasteiger partial charge on any atom is -0.484 e. The Kier molecular flexibility index (Phi) is 4.60. The summed E-state index contributed by atoms with van der Waals surface area (Å²) in [4.78, 5) is 18.6. The number of piperidine rings is 1. The highest BCUT2D eigenvalue weighted by molar-refractivity contribution is 5.77. The van der Waals surface area contributed by atoms with Crippen LogP contribution in [0, 0.1) is 13.8 Å². The Balaban J connectivity index is 1.59. The van der Waals surface area contributed by atoms with Gasteiger partial charge in [-0.25, -0.2) is 9.67 Å².